The lowest BCUT2D eigenvalue weighted by atomic mass is 10.1. The van der Waals surface area contributed by atoms with Crippen molar-refractivity contribution in [2.45, 2.75) is 6.42 Å². The third-order valence-corrected chi connectivity index (χ3v) is 2.40. The van der Waals surface area contributed by atoms with Crippen LogP contribution in [0.1, 0.15) is 5.56 Å². The van der Waals surface area contributed by atoms with E-state index in [2.05, 4.69) is 4.74 Å². The minimum absolute atomic E-state index is 0.0235. The summed E-state index contributed by atoms with van der Waals surface area (Å²) in [6, 6.07) is 2.59. The van der Waals surface area contributed by atoms with Gasteiger partial charge in [0.15, 0.2) is 0 Å². The Morgan fingerprint density at radius 1 is 1.50 bits per heavy atom. The number of halogens is 3. The van der Waals surface area contributed by atoms with Gasteiger partial charge in [0.05, 0.1) is 23.6 Å². The molecule has 0 aliphatic heterocycles. The monoisotopic (exact) mass is 236 g/mol. The number of carbonyl (C=O) groups excluding carboxylic acids is 1. The van der Waals surface area contributed by atoms with E-state index in [4.69, 9.17) is 23.2 Å². The van der Waals surface area contributed by atoms with Gasteiger partial charge in [0.2, 0.25) is 0 Å². The second kappa shape index (κ2) is 4.62. The Labute approximate surface area is 90.6 Å². The van der Waals surface area contributed by atoms with Crippen molar-refractivity contribution in [3.8, 4) is 0 Å². The van der Waals surface area contributed by atoms with Gasteiger partial charge >= 0.3 is 5.97 Å². The van der Waals surface area contributed by atoms with E-state index in [9.17, 15) is 9.18 Å². The standard InChI is InChI=1S/C9H7Cl2FO2/c1-14-8(13)4-5-2-6(10)9(11)7(12)3-5/h2-3H,4H2,1H3. The molecule has 0 radical (unpaired) electrons. The normalized spacial score (nSPS) is 10.0. The van der Waals surface area contributed by atoms with E-state index >= 15 is 0 Å². The summed E-state index contributed by atoms with van der Waals surface area (Å²) in [4.78, 5) is 10.9. The van der Waals surface area contributed by atoms with Crippen LogP contribution in [0.2, 0.25) is 10.0 Å². The highest BCUT2D eigenvalue weighted by molar-refractivity contribution is 6.42. The molecular weight excluding hydrogens is 230 g/mol. The molecule has 0 saturated carbocycles. The first-order valence-corrected chi connectivity index (χ1v) is 4.50. The van der Waals surface area contributed by atoms with Crippen molar-refractivity contribution in [3.05, 3.63) is 33.6 Å². The van der Waals surface area contributed by atoms with Crippen LogP contribution in [0.4, 0.5) is 4.39 Å². The number of carbonyl (C=O) groups is 1. The van der Waals surface area contributed by atoms with E-state index in [1.807, 2.05) is 0 Å². The Kier molecular flexibility index (Phi) is 3.72. The van der Waals surface area contributed by atoms with Crippen LogP contribution in [0.5, 0.6) is 0 Å². The third kappa shape index (κ3) is 2.59. The van der Waals surface area contributed by atoms with E-state index in [1.54, 1.807) is 0 Å². The summed E-state index contributed by atoms with van der Waals surface area (Å²) in [6.07, 6.45) is -0.0235. The highest BCUT2D eigenvalue weighted by Gasteiger charge is 2.10. The molecule has 0 aliphatic carbocycles. The van der Waals surface area contributed by atoms with Crippen molar-refractivity contribution >= 4 is 29.2 Å². The SMILES string of the molecule is COC(=O)Cc1cc(F)c(Cl)c(Cl)c1. The fourth-order valence-corrected chi connectivity index (χ4v) is 1.29. The Balaban J connectivity index is 2.95. The Hall–Kier alpha value is -0.800. The molecule has 5 heteroatoms. The van der Waals surface area contributed by atoms with Crippen LogP contribution in [-0.4, -0.2) is 13.1 Å². The predicted octanol–water partition coefficient (Wildman–Crippen LogP) is 2.85. The largest absolute Gasteiger partial charge is 0.469 e. The molecule has 0 fully saturated rings. The van der Waals surface area contributed by atoms with Gasteiger partial charge in [-0.15, -0.1) is 0 Å². The van der Waals surface area contributed by atoms with Gasteiger partial charge in [-0.25, -0.2) is 4.39 Å². The Morgan fingerprint density at radius 2 is 2.14 bits per heavy atom. The molecule has 1 aromatic carbocycles. The lowest BCUT2D eigenvalue weighted by Gasteiger charge is -2.03. The summed E-state index contributed by atoms with van der Waals surface area (Å²) >= 11 is 11.1. The second-order valence-corrected chi connectivity index (χ2v) is 3.41. The first-order chi connectivity index (χ1) is 6.54. The molecule has 76 valence electrons. The van der Waals surface area contributed by atoms with Gasteiger partial charge in [0.25, 0.3) is 0 Å². The number of hydrogen-bond acceptors (Lipinski definition) is 2. The van der Waals surface area contributed by atoms with E-state index in [0.717, 1.165) is 6.07 Å². The van der Waals surface area contributed by atoms with Crippen LogP contribution in [0.25, 0.3) is 0 Å². The Morgan fingerprint density at radius 3 is 2.64 bits per heavy atom. The van der Waals surface area contributed by atoms with Crippen LogP contribution in [0, 0.1) is 5.82 Å². The maximum Gasteiger partial charge on any atom is 0.309 e. The number of benzene rings is 1. The number of esters is 1. The molecule has 1 aromatic rings. The molecule has 0 N–H and O–H groups in total. The topological polar surface area (TPSA) is 26.3 Å². The molecule has 0 unspecified atom stereocenters. The number of ether oxygens (including phenoxy) is 1. The maximum atomic E-state index is 13.0. The van der Waals surface area contributed by atoms with Gasteiger partial charge in [-0.2, -0.15) is 0 Å². The molecule has 0 saturated heterocycles. The van der Waals surface area contributed by atoms with Gasteiger partial charge in [-0.3, -0.25) is 4.79 Å². The van der Waals surface area contributed by atoms with Crippen LogP contribution >= 0.6 is 23.2 Å². The van der Waals surface area contributed by atoms with E-state index < -0.39 is 11.8 Å². The van der Waals surface area contributed by atoms with E-state index in [0.29, 0.717) is 5.56 Å². The minimum atomic E-state index is -0.641. The average Bonchev–Trinajstić information content (AvgIpc) is 2.14. The minimum Gasteiger partial charge on any atom is -0.469 e. The predicted molar refractivity (Wildman–Crippen MR) is 52.1 cm³/mol. The summed E-state index contributed by atoms with van der Waals surface area (Å²) in [7, 11) is 1.26. The van der Waals surface area contributed by atoms with Crippen molar-refractivity contribution < 1.29 is 13.9 Å². The first-order valence-electron chi connectivity index (χ1n) is 3.75. The third-order valence-electron chi connectivity index (χ3n) is 1.62. The summed E-state index contributed by atoms with van der Waals surface area (Å²) in [6.45, 7) is 0. The van der Waals surface area contributed by atoms with Gasteiger partial charge in [-0.1, -0.05) is 23.2 Å². The Bertz CT molecular complexity index is 343. The molecule has 0 spiro atoms. The fraction of sp³-hybridized carbons (Fsp3) is 0.222. The first kappa shape index (κ1) is 11.3. The van der Waals surface area contributed by atoms with Crippen molar-refractivity contribution in [2.75, 3.05) is 7.11 Å². The fourth-order valence-electron chi connectivity index (χ4n) is 0.949. The van der Waals surface area contributed by atoms with Crippen LogP contribution in [0.15, 0.2) is 12.1 Å². The van der Waals surface area contributed by atoms with Crippen LogP contribution in [0.3, 0.4) is 0 Å². The van der Waals surface area contributed by atoms with E-state index in [1.165, 1.54) is 13.2 Å². The number of rotatable bonds is 2. The van der Waals surface area contributed by atoms with Crippen molar-refractivity contribution in [3.63, 3.8) is 0 Å². The summed E-state index contributed by atoms with van der Waals surface area (Å²) in [5, 5.41) is -0.0501. The highest BCUT2D eigenvalue weighted by atomic mass is 35.5. The molecule has 2 nitrogen and oxygen atoms in total. The molecule has 0 atom stereocenters. The summed E-state index contributed by atoms with van der Waals surface area (Å²) in [5.74, 6) is -1.10. The summed E-state index contributed by atoms with van der Waals surface area (Å²) < 4.78 is 17.5. The van der Waals surface area contributed by atoms with Crippen molar-refractivity contribution in [1.29, 1.82) is 0 Å². The number of hydrogen-bond donors (Lipinski definition) is 0. The molecular formula is C9H7Cl2FO2. The van der Waals surface area contributed by atoms with Gasteiger partial charge in [-0.05, 0) is 17.7 Å². The molecule has 0 aromatic heterocycles. The van der Waals surface area contributed by atoms with Gasteiger partial charge in [0.1, 0.15) is 5.82 Å². The highest BCUT2D eigenvalue weighted by Crippen LogP contribution is 2.26. The molecule has 0 aliphatic rings. The second-order valence-electron chi connectivity index (χ2n) is 2.63. The smallest absolute Gasteiger partial charge is 0.309 e. The maximum absolute atomic E-state index is 13.0. The van der Waals surface area contributed by atoms with Crippen molar-refractivity contribution in [2.24, 2.45) is 0 Å². The molecule has 14 heavy (non-hydrogen) atoms. The molecule has 0 amide bonds. The zero-order valence-corrected chi connectivity index (χ0v) is 8.82. The van der Waals surface area contributed by atoms with Crippen molar-refractivity contribution in [1.82, 2.24) is 0 Å². The molecule has 0 bridgehead atoms. The molecule has 0 heterocycles. The van der Waals surface area contributed by atoms with Crippen LogP contribution in [-0.2, 0) is 16.0 Å². The average molecular weight is 237 g/mol. The van der Waals surface area contributed by atoms with Crippen LogP contribution < -0.4 is 0 Å². The number of methoxy groups -OCH3 is 1. The molecule has 1 rings (SSSR count). The van der Waals surface area contributed by atoms with E-state index in [-0.39, 0.29) is 16.5 Å². The lowest BCUT2D eigenvalue weighted by Crippen LogP contribution is -2.04. The quantitative estimate of drug-likeness (QED) is 0.583. The van der Waals surface area contributed by atoms with Gasteiger partial charge < -0.3 is 4.74 Å². The zero-order chi connectivity index (χ0) is 10.7. The van der Waals surface area contributed by atoms with Gasteiger partial charge in [0, 0.05) is 0 Å². The lowest BCUT2D eigenvalue weighted by molar-refractivity contribution is -0.139. The zero-order valence-electron chi connectivity index (χ0n) is 7.31. The summed E-state index contributed by atoms with van der Waals surface area (Å²) in [5.41, 5.74) is 0.434.